The largest absolute Gasteiger partial charge is 0.420 e. The van der Waals surface area contributed by atoms with Crippen LogP contribution in [0.15, 0.2) is 35.4 Å². The summed E-state index contributed by atoms with van der Waals surface area (Å²) in [6.07, 6.45) is -2.05. The molecule has 1 saturated carbocycles. The third-order valence-electron chi connectivity index (χ3n) is 7.38. The van der Waals surface area contributed by atoms with E-state index in [1.165, 1.54) is 11.9 Å². The summed E-state index contributed by atoms with van der Waals surface area (Å²) in [7, 11) is -2.40. The number of thiophene rings is 1. The SMILES string of the molecule is CN1CCS(=O)(=O)c2cc(-c3nc(Nc4ccc(N5CCNCC5)cc4C4CC4)ncc3C(F)(F)F)sc2C1=O. The van der Waals surface area contributed by atoms with Crippen LogP contribution >= 0.6 is 11.3 Å². The highest BCUT2D eigenvalue weighted by Crippen LogP contribution is 2.46. The lowest BCUT2D eigenvalue weighted by atomic mass is 10.1. The molecule has 1 aliphatic carbocycles. The third-order valence-corrected chi connectivity index (χ3v) is 10.3. The molecule has 1 saturated heterocycles. The van der Waals surface area contributed by atoms with Crippen molar-refractivity contribution in [3.63, 3.8) is 0 Å². The van der Waals surface area contributed by atoms with E-state index in [0.29, 0.717) is 29.1 Å². The molecule has 40 heavy (non-hydrogen) atoms. The van der Waals surface area contributed by atoms with Crippen molar-refractivity contribution in [1.29, 1.82) is 0 Å². The van der Waals surface area contributed by atoms with Crippen LogP contribution < -0.4 is 15.5 Å². The topological polar surface area (TPSA) is 108 Å². The van der Waals surface area contributed by atoms with Crippen LogP contribution in [0.5, 0.6) is 0 Å². The number of amides is 1. The zero-order chi connectivity index (χ0) is 28.2. The number of hydrogen-bond acceptors (Lipinski definition) is 9. The second kappa shape index (κ2) is 10.00. The number of rotatable bonds is 5. The molecule has 2 N–H and O–H groups in total. The standard InChI is InChI=1S/C26H27F3N6O3S2/c1-34-10-11-40(37,38)21-13-20(39-23(21)24(34)36)22-18(26(27,28)29)14-31-25(33-22)32-19-5-4-16(12-17(19)15-2-3-15)35-8-6-30-7-9-35/h4-5,12-15,30H,2-3,6-11H2,1H3,(H,31,32,33). The van der Waals surface area contributed by atoms with Gasteiger partial charge in [0.1, 0.15) is 10.4 Å². The summed E-state index contributed by atoms with van der Waals surface area (Å²) < 4.78 is 67.7. The first kappa shape index (κ1) is 27.0. The molecule has 0 radical (unpaired) electrons. The van der Waals surface area contributed by atoms with E-state index in [1.54, 1.807) is 0 Å². The van der Waals surface area contributed by atoms with Gasteiger partial charge >= 0.3 is 6.18 Å². The molecule has 0 spiro atoms. The predicted octanol–water partition coefficient (Wildman–Crippen LogP) is 4.11. The summed E-state index contributed by atoms with van der Waals surface area (Å²) in [4.78, 5) is 24.1. The molecule has 2 aliphatic heterocycles. The first-order valence-corrected chi connectivity index (χ1v) is 15.4. The normalized spacial score (nSPS) is 19.4. The van der Waals surface area contributed by atoms with Gasteiger partial charge in [-0.3, -0.25) is 4.79 Å². The number of aromatic nitrogens is 2. The Morgan fingerprint density at radius 2 is 1.88 bits per heavy atom. The van der Waals surface area contributed by atoms with Gasteiger partial charge in [-0.2, -0.15) is 13.2 Å². The van der Waals surface area contributed by atoms with Gasteiger partial charge in [0.25, 0.3) is 5.91 Å². The highest BCUT2D eigenvalue weighted by atomic mass is 32.2. The van der Waals surface area contributed by atoms with Gasteiger partial charge in [0.15, 0.2) is 9.84 Å². The molecule has 1 amide bonds. The van der Waals surface area contributed by atoms with Gasteiger partial charge in [-0.05, 0) is 48.6 Å². The van der Waals surface area contributed by atoms with Gasteiger partial charge in [-0.1, -0.05) is 0 Å². The molecule has 0 bridgehead atoms. The van der Waals surface area contributed by atoms with Gasteiger partial charge in [-0.15, -0.1) is 11.3 Å². The molecular weight excluding hydrogens is 565 g/mol. The number of hydrogen-bond donors (Lipinski definition) is 2. The lowest BCUT2D eigenvalue weighted by molar-refractivity contribution is -0.137. The number of benzene rings is 1. The van der Waals surface area contributed by atoms with Gasteiger partial charge in [0.2, 0.25) is 5.95 Å². The van der Waals surface area contributed by atoms with E-state index in [-0.39, 0.29) is 32.9 Å². The Kier molecular flexibility index (Phi) is 6.74. The number of piperazine rings is 1. The number of alkyl halides is 3. The maximum atomic E-state index is 14.0. The summed E-state index contributed by atoms with van der Waals surface area (Å²) in [5.74, 6) is -0.559. The van der Waals surface area contributed by atoms with E-state index >= 15 is 0 Å². The van der Waals surface area contributed by atoms with E-state index in [0.717, 1.165) is 56.3 Å². The first-order chi connectivity index (χ1) is 19.0. The molecule has 2 fully saturated rings. The number of anilines is 3. The minimum Gasteiger partial charge on any atom is -0.369 e. The van der Waals surface area contributed by atoms with Crippen LogP contribution in [-0.4, -0.2) is 74.7 Å². The number of halogens is 3. The molecule has 2 aromatic heterocycles. The van der Waals surface area contributed by atoms with E-state index in [2.05, 4.69) is 31.6 Å². The molecule has 0 atom stereocenters. The number of sulfone groups is 1. The molecule has 6 rings (SSSR count). The Hall–Kier alpha value is -3.23. The Morgan fingerprint density at radius 3 is 2.58 bits per heavy atom. The number of nitrogens with zero attached hydrogens (tertiary/aromatic N) is 4. The molecule has 3 aromatic rings. The van der Waals surface area contributed by atoms with Crippen molar-refractivity contribution in [3.05, 3.63) is 46.5 Å². The summed E-state index contributed by atoms with van der Waals surface area (Å²) in [5.41, 5.74) is 1.29. The van der Waals surface area contributed by atoms with E-state index < -0.39 is 33.2 Å². The summed E-state index contributed by atoms with van der Waals surface area (Å²) in [6.45, 7) is 3.58. The molecule has 4 heterocycles. The van der Waals surface area contributed by atoms with Crippen molar-refractivity contribution in [2.45, 2.75) is 29.8 Å². The van der Waals surface area contributed by atoms with E-state index in [4.69, 9.17) is 0 Å². The molecule has 212 valence electrons. The molecule has 0 unspecified atom stereocenters. The van der Waals surface area contributed by atoms with Gasteiger partial charge in [0, 0.05) is 57.3 Å². The minimum atomic E-state index is -4.79. The second-order valence-electron chi connectivity index (χ2n) is 10.2. The van der Waals surface area contributed by atoms with Crippen LogP contribution in [0.25, 0.3) is 10.6 Å². The fourth-order valence-corrected chi connectivity index (χ4v) is 8.02. The Bertz CT molecular complexity index is 1580. The monoisotopic (exact) mass is 592 g/mol. The molecule has 9 nitrogen and oxygen atoms in total. The quantitative estimate of drug-likeness (QED) is 0.456. The third kappa shape index (κ3) is 5.15. The van der Waals surface area contributed by atoms with Crippen molar-refractivity contribution in [3.8, 4) is 10.6 Å². The van der Waals surface area contributed by atoms with E-state index in [9.17, 15) is 26.4 Å². The van der Waals surface area contributed by atoms with Crippen molar-refractivity contribution in [2.24, 2.45) is 0 Å². The fraction of sp³-hybridized carbons (Fsp3) is 0.423. The number of nitrogens with one attached hydrogen (secondary N) is 2. The van der Waals surface area contributed by atoms with Crippen molar-refractivity contribution in [2.75, 3.05) is 55.7 Å². The molecule has 14 heteroatoms. The highest BCUT2D eigenvalue weighted by Gasteiger charge is 2.38. The minimum absolute atomic E-state index is 0.00401. The molecule has 3 aliphatic rings. The van der Waals surface area contributed by atoms with Crippen molar-refractivity contribution >= 4 is 44.4 Å². The van der Waals surface area contributed by atoms with Crippen LogP contribution in [0.3, 0.4) is 0 Å². The number of fused-ring (bicyclic) bond motifs is 1. The summed E-state index contributed by atoms with van der Waals surface area (Å²) >= 11 is 0.698. The van der Waals surface area contributed by atoms with Crippen molar-refractivity contribution < 1.29 is 26.4 Å². The van der Waals surface area contributed by atoms with Crippen LogP contribution in [0.4, 0.5) is 30.5 Å². The number of carbonyl (C=O) groups excluding carboxylic acids is 1. The van der Waals surface area contributed by atoms with Crippen LogP contribution in [0.1, 0.15) is 39.6 Å². The predicted molar refractivity (Wildman–Crippen MR) is 146 cm³/mol. The Balaban J connectivity index is 1.39. The zero-order valence-corrected chi connectivity index (χ0v) is 23.2. The maximum absolute atomic E-state index is 14.0. The van der Waals surface area contributed by atoms with Crippen LogP contribution in [-0.2, 0) is 16.0 Å². The lowest BCUT2D eigenvalue weighted by Gasteiger charge is -2.30. The number of carbonyl (C=O) groups is 1. The Morgan fingerprint density at radius 1 is 1.12 bits per heavy atom. The van der Waals surface area contributed by atoms with Crippen LogP contribution in [0, 0.1) is 0 Å². The molecular formula is C26H27F3N6O3S2. The van der Waals surface area contributed by atoms with E-state index in [1.807, 2.05) is 12.1 Å². The van der Waals surface area contributed by atoms with Crippen molar-refractivity contribution in [1.82, 2.24) is 20.2 Å². The summed E-state index contributed by atoms with van der Waals surface area (Å²) in [6, 6.07) is 7.14. The van der Waals surface area contributed by atoms with Gasteiger partial charge < -0.3 is 20.4 Å². The summed E-state index contributed by atoms with van der Waals surface area (Å²) in [5, 5.41) is 6.44. The van der Waals surface area contributed by atoms with Crippen LogP contribution in [0.2, 0.25) is 0 Å². The van der Waals surface area contributed by atoms with Gasteiger partial charge in [0.05, 0.1) is 21.2 Å². The maximum Gasteiger partial charge on any atom is 0.420 e. The average Bonchev–Trinajstić information content (AvgIpc) is 3.68. The first-order valence-electron chi connectivity index (χ1n) is 12.9. The smallest absolute Gasteiger partial charge is 0.369 e. The second-order valence-corrected chi connectivity index (χ2v) is 13.3. The lowest BCUT2D eigenvalue weighted by Crippen LogP contribution is -2.43. The zero-order valence-electron chi connectivity index (χ0n) is 21.6. The Labute approximate surface area is 233 Å². The highest BCUT2D eigenvalue weighted by molar-refractivity contribution is 7.91. The average molecular weight is 593 g/mol. The molecule has 1 aromatic carbocycles. The fourth-order valence-electron chi connectivity index (χ4n) is 4.99. The van der Waals surface area contributed by atoms with Gasteiger partial charge in [-0.25, -0.2) is 18.4 Å².